The first-order chi connectivity index (χ1) is 5.42. The number of nitrogens with one attached hydrogen (secondary N) is 1. The van der Waals surface area contributed by atoms with Crippen molar-refractivity contribution >= 4 is 11.8 Å². The van der Waals surface area contributed by atoms with Crippen LogP contribution in [0.15, 0.2) is 11.5 Å². The van der Waals surface area contributed by atoms with E-state index in [0.29, 0.717) is 17.4 Å². The number of likely N-dealkylation sites (N-methyl/N-ethyl adjacent to an activating group) is 1. The predicted molar refractivity (Wildman–Crippen MR) is 47.7 cm³/mol. The lowest BCUT2D eigenvalue weighted by Crippen LogP contribution is -2.37. The van der Waals surface area contributed by atoms with Crippen LogP contribution in [0.3, 0.4) is 0 Å². The van der Waals surface area contributed by atoms with E-state index >= 15 is 0 Å². The molecule has 0 aromatic heterocycles. The summed E-state index contributed by atoms with van der Waals surface area (Å²) in [5, 5.41) is 6.22. The highest BCUT2D eigenvalue weighted by atomic mass is 32.2. The van der Waals surface area contributed by atoms with Gasteiger partial charge >= 0.3 is 0 Å². The summed E-state index contributed by atoms with van der Waals surface area (Å²) in [5.41, 5.74) is 0. The van der Waals surface area contributed by atoms with Crippen LogP contribution in [0.1, 0.15) is 6.92 Å². The molecule has 2 aliphatic heterocycles. The maximum absolute atomic E-state index is 5.57. The van der Waals surface area contributed by atoms with Crippen molar-refractivity contribution in [1.29, 1.82) is 0 Å². The Morgan fingerprint density at radius 3 is 3.45 bits per heavy atom. The minimum absolute atomic E-state index is 0.379. The van der Waals surface area contributed by atoms with E-state index in [0.717, 1.165) is 13.2 Å². The first-order valence-electron chi connectivity index (χ1n) is 4.09. The van der Waals surface area contributed by atoms with Gasteiger partial charge in [-0.25, -0.2) is 0 Å². The van der Waals surface area contributed by atoms with Crippen LogP contribution < -0.4 is 5.32 Å². The third-order valence-electron chi connectivity index (χ3n) is 2.16. The quantitative estimate of drug-likeness (QED) is 0.669. The highest BCUT2D eigenvalue weighted by molar-refractivity contribution is 8.03. The van der Waals surface area contributed by atoms with Gasteiger partial charge in [0.25, 0.3) is 0 Å². The van der Waals surface area contributed by atoms with E-state index in [9.17, 15) is 0 Å². The molecule has 3 heteroatoms. The molecule has 11 heavy (non-hydrogen) atoms. The number of ether oxygens (including phenoxy) is 1. The normalized spacial score (nSPS) is 41.4. The van der Waals surface area contributed by atoms with Crippen LogP contribution in [-0.4, -0.2) is 30.5 Å². The number of hydrogen-bond acceptors (Lipinski definition) is 3. The Bertz CT molecular complexity index is 171. The predicted octanol–water partition coefficient (Wildman–Crippen LogP) is 0.992. The fourth-order valence-corrected chi connectivity index (χ4v) is 2.74. The van der Waals surface area contributed by atoms with Crippen molar-refractivity contribution in [3.8, 4) is 0 Å². The van der Waals surface area contributed by atoms with Gasteiger partial charge in [0.05, 0.1) is 18.0 Å². The van der Waals surface area contributed by atoms with E-state index in [4.69, 9.17) is 4.74 Å². The molecule has 1 N–H and O–H groups in total. The maximum Gasteiger partial charge on any atom is 0.0902 e. The molecule has 0 aliphatic carbocycles. The standard InChI is InChI=1S/C8H13NOS/c1-2-9-6-5-10-7-3-4-11-8(6)7/h3-4,6-9H,2,5H2,1H3. The summed E-state index contributed by atoms with van der Waals surface area (Å²) in [5.74, 6) is 0. The zero-order valence-corrected chi connectivity index (χ0v) is 7.43. The lowest BCUT2D eigenvalue weighted by molar-refractivity contribution is 0.143. The molecule has 0 aromatic carbocycles. The van der Waals surface area contributed by atoms with Gasteiger partial charge in [-0.15, -0.1) is 11.8 Å². The summed E-state index contributed by atoms with van der Waals surface area (Å²) in [6, 6.07) is 0.560. The van der Waals surface area contributed by atoms with Crippen LogP contribution in [0.25, 0.3) is 0 Å². The highest BCUT2D eigenvalue weighted by Crippen LogP contribution is 2.33. The molecule has 0 radical (unpaired) electrons. The fraction of sp³-hybridized carbons (Fsp3) is 0.750. The van der Waals surface area contributed by atoms with Gasteiger partial charge in [-0.05, 0) is 18.0 Å². The summed E-state index contributed by atoms with van der Waals surface area (Å²) >= 11 is 1.89. The van der Waals surface area contributed by atoms with Crippen LogP contribution >= 0.6 is 11.8 Å². The van der Waals surface area contributed by atoms with E-state index in [1.54, 1.807) is 0 Å². The summed E-state index contributed by atoms with van der Waals surface area (Å²) < 4.78 is 5.57. The van der Waals surface area contributed by atoms with Gasteiger partial charge in [0, 0.05) is 6.04 Å². The van der Waals surface area contributed by atoms with Crippen molar-refractivity contribution < 1.29 is 4.74 Å². The molecule has 2 aliphatic rings. The van der Waals surface area contributed by atoms with Gasteiger partial charge in [-0.2, -0.15) is 0 Å². The SMILES string of the molecule is CCNC1COC2C=CSC12. The van der Waals surface area contributed by atoms with Gasteiger partial charge in [0.1, 0.15) is 0 Å². The molecule has 0 spiro atoms. The Hall–Kier alpha value is 0.01000. The van der Waals surface area contributed by atoms with Gasteiger partial charge in [-0.3, -0.25) is 0 Å². The summed E-state index contributed by atoms with van der Waals surface area (Å²) in [4.78, 5) is 0. The second-order valence-electron chi connectivity index (χ2n) is 2.89. The van der Waals surface area contributed by atoms with Crippen molar-refractivity contribution in [2.24, 2.45) is 0 Å². The van der Waals surface area contributed by atoms with Crippen molar-refractivity contribution in [1.82, 2.24) is 5.32 Å². The smallest absolute Gasteiger partial charge is 0.0902 e. The minimum Gasteiger partial charge on any atom is -0.371 e. The molecule has 2 heterocycles. The lowest BCUT2D eigenvalue weighted by atomic mass is 10.2. The molecular weight excluding hydrogens is 158 g/mol. The van der Waals surface area contributed by atoms with Crippen LogP contribution in [0.4, 0.5) is 0 Å². The van der Waals surface area contributed by atoms with E-state index in [1.165, 1.54) is 0 Å². The van der Waals surface area contributed by atoms with Crippen LogP contribution in [0.5, 0.6) is 0 Å². The Balaban J connectivity index is 1.95. The maximum atomic E-state index is 5.57. The van der Waals surface area contributed by atoms with Crippen molar-refractivity contribution in [3.63, 3.8) is 0 Å². The first kappa shape index (κ1) is 7.65. The molecule has 3 atom stereocenters. The number of rotatable bonds is 2. The number of thioether (sulfide) groups is 1. The Morgan fingerprint density at radius 2 is 2.64 bits per heavy atom. The largest absolute Gasteiger partial charge is 0.371 e. The van der Waals surface area contributed by atoms with Crippen LogP contribution in [-0.2, 0) is 4.74 Å². The number of fused-ring (bicyclic) bond motifs is 1. The molecule has 3 unspecified atom stereocenters. The van der Waals surface area contributed by atoms with Crippen molar-refractivity contribution in [2.45, 2.75) is 24.3 Å². The van der Waals surface area contributed by atoms with E-state index < -0.39 is 0 Å². The van der Waals surface area contributed by atoms with Gasteiger partial charge in [0.15, 0.2) is 0 Å². The highest BCUT2D eigenvalue weighted by Gasteiger charge is 2.37. The van der Waals surface area contributed by atoms with Gasteiger partial charge < -0.3 is 10.1 Å². The third kappa shape index (κ3) is 1.33. The average Bonchev–Trinajstić information content (AvgIpc) is 2.53. The Morgan fingerprint density at radius 1 is 1.73 bits per heavy atom. The zero-order valence-electron chi connectivity index (χ0n) is 6.62. The van der Waals surface area contributed by atoms with Crippen LogP contribution in [0.2, 0.25) is 0 Å². The molecule has 2 rings (SSSR count). The van der Waals surface area contributed by atoms with Gasteiger partial charge in [0.2, 0.25) is 0 Å². The lowest BCUT2D eigenvalue weighted by Gasteiger charge is -2.15. The second kappa shape index (κ2) is 3.17. The Kier molecular flexibility index (Phi) is 2.20. The van der Waals surface area contributed by atoms with Crippen LogP contribution in [0, 0.1) is 0 Å². The Labute approximate surface area is 71.4 Å². The average molecular weight is 171 g/mol. The molecule has 0 bridgehead atoms. The van der Waals surface area contributed by atoms with Gasteiger partial charge in [-0.1, -0.05) is 6.92 Å². The molecule has 2 nitrogen and oxygen atoms in total. The summed E-state index contributed by atoms with van der Waals surface area (Å²) in [6.45, 7) is 4.05. The molecular formula is C8H13NOS. The third-order valence-corrected chi connectivity index (χ3v) is 3.38. The summed E-state index contributed by atoms with van der Waals surface area (Å²) in [7, 11) is 0. The molecule has 0 saturated carbocycles. The molecule has 0 amide bonds. The molecule has 62 valence electrons. The van der Waals surface area contributed by atoms with Crippen molar-refractivity contribution in [3.05, 3.63) is 11.5 Å². The molecule has 1 saturated heterocycles. The minimum atomic E-state index is 0.379. The molecule has 0 aromatic rings. The second-order valence-corrected chi connectivity index (χ2v) is 3.98. The van der Waals surface area contributed by atoms with E-state index in [1.807, 2.05) is 11.8 Å². The van der Waals surface area contributed by atoms with E-state index in [2.05, 4.69) is 23.7 Å². The first-order valence-corrected chi connectivity index (χ1v) is 5.03. The summed E-state index contributed by atoms with van der Waals surface area (Å²) in [6.07, 6.45) is 2.54. The zero-order chi connectivity index (χ0) is 7.68. The van der Waals surface area contributed by atoms with Crippen molar-refractivity contribution in [2.75, 3.05) is 13.2 Å². The monoisotopic (exact) mass is 171 g/mol. The molecule has 1 fully saturated rings. The number of hydrogen-bond donors (Lipinski definition) is 1. The fourth-order valence-electron chi connectivity index (χ4n) is 1.62. The topological polar surface area (TPSA) is 21.3 Å². The van der Waals surface area contributed by atoms with E-state index in [-0.39, 0.29) is 0 Å².